The van der Waals surface area contributed by atoms with Crippen LogP contribution in [0.5, 0.6) is 0 Å². The third-order valence-corrected chi connectivity index (χ3v) is 3.46. The fourth-order valence-corrected chi connectivity index (χ4v) is 2.34. The molecule has 1 fully saturated rings. The Labute approximate surface area is 118 Å². The van der Waals surface area contributed by atoms with E-state index in [1.54, 1.807) is 0 Å². The van der Waals surface area contributed by atoms with Gasteiger partial charge in [0.15, 0.2) is 0 Å². The van der Waals surface area contributed by atoms with Gasteiger partial charge in [0.1, 0.15) is 6.04 Å². The van der Waals surface area contributed by atoms with Gasteiger partial charge in [0.2, 0.25) is 5.91 Å². The summed E-state index contributed by atoms with van der Waals surface area (Å²) >= 11 is 0. The van der Waals surface area contributed by atoms with Gasteiger partial charge in [-0.3, -0.25) is 4.79 Å². The van der Waals surface area contributed by atoms with Crippen LogP contribution in [0.25, 0.3) is 10.4 Å². The van der Waals surface area contributed by atoms with E-state index in [-0.39, 0.29) is 5.91 Å². The summed E-state index contributed by atoms with van der Waals surface area (Å²) in [6.45, 7) is 1.00. The highest BCUT2D eigenvalue weighted by molar-refractivity contribution is 5.82. The summed E-state index contributed by atoms with van der Waals surface area (Å²) in [5.74, 6) is 0.194. The van der Waals surface area contributed by atoms with Crippen molar-refractivity contribution in [1.82, 2.24) is 5.32 Å². The minimum Gasteiger partial charge on any atom is -0.368 e. The van der Waals surface area contributed by atoms with Crippen molar-refractivity contribution >= 4 is 5.91 Å². The normalized spacial score (nSPS) is 15.4. The Morgan fingerprint density at radius 1 is 1.50 bits per heavy atom. The third kappa shape index (κ3) is 3.73. The topological polar surface area (TPSA) is 104 Å². The van der Waals surface area contributed by atoms with Gasteiger partial charge in [-0.2, -0.15) is 0 Å². The average Bonchev–Trinajstić information content (AvgIpc) is 3.27. The first-order valence-electron chi connectivity index (χ1n) is 6.86. The molecule has 0 bridgehead atoms. The standard InChI is InChI=1S/C14H19N5O/c15-14(20)13(17-8-3-9-18-19-16)12-5-2-1-4-11(12)10-6-7-10/h1-2,4-5,10,13,17H,3,6-9H2,(H2,15,20). The highest BCUT2D eigenvalue weighted by atomic mass is 16.1. The predicted molar refractivity (Wildman–Crippen MR) is 77.0 cm³/mol. The molecule has 6 nitrogen and oxygen atoms in total. The van der Waals surface area contributed by atoms with Crippen LogP contribution in [-0.2, 0) is 4.79 Å². The van der Waals surface area contributed by atoms with Gasteiger partial charge in [-0.25, -0.2) is 0 Å². The number of hydrogen-bond acceptors (Lipinski definition) is 3. The van der Waals surface area contributed by atoms with E-state index < -0.39 is 6.04 Å². The van der Waals surface area contributed by atoms with Crippen molar-refractivity contribution in [2.45, 2.75) is 31.2 Å². The fourth-order valence-electron chi connectivity index (χ4n) is 2.34. The number of nitrogens with one attached hydrogen (secondary N) is 1. The molecule has 0 radical (unpaired) electrons. The molecule has 1 amide bonds. The number of hydrogen-bond donors (Lipinski definition) is 2. The maximum atomic E-state index is 11.7. The Bertz CT molecular complexity index is 520. The minimum absolute atomic E-state index is 0.373. The van der Waals surface area contributed by atoms with Gasteiger partial charge < -0.3 is 11.1 Å². The molecule has 6 heteroatoms. The molecule has 0 aliphatic heterocycles. The van der Waals surface area contributed by atoms with Gasteiger partial charge in [0.05, 0.1) is 0 Å². The van der Waals surface area contributed by atoms with Gasteiger partial charge in [-0.05, 0) is 48.4 Å². The maximum Gasteiger partial charge on any atom is 0.239 e. The lowest BCUT2D eigenvalue weighted by molar-refractivity contribution is -0.120. The number of carbonyl (C=O) groups is 1. The van der Waals surface area contributed by atoms with Gasteiger partial charge in [0, 0.05) is 11.5 Å². The molecule has 1 aliphatic rings. The number of azide groups is 1. The molecule has 0 aromatic heterocycles. The largest absolute Gasteiger partial charge is 0.368 e. The number of amides is 1. The molecule has 1 saturated carbocycles. The molecule has 0 spiro atoms. The van der Waals surface area contributed by atoms with Crippen LogP contribution >= 0.6 is 0 Å². The Morgan fingerprint density at radius 2 is 2.25 bits per heavy atom. The SMILES string of the molecule is [N-]=[N+]=NCCCNC(C(N)=O)c1ccccc1C1CC1. The van der Waals surface area contributed by atoms with Crippen LogP contribution in [-0.4, -0.2) is 19.0 Å². The summed E-state index contributed by atoms with van der Waals surface area (Å²) < 4.78 is 0. The van der Waals surface area contributed by atoms with Crippen molar-refractivity contribution in [3.8, 4) is 0 Å². The number of rotatable bonds is 8. The maximum absolute atomic E-state index is 11.7. The van der Waals surface area contributed by atoms with Crippen LogP contribution in [0, 0.1) is 0 Å². The van der Waals surface area contributed by atoms with Crippen molar-refractivity contribution in [2.75, 3.05) is 13.1 Å². The first-order chi connectivity index (χ1) is 9.74. The molecule has 0 saturated heterocycles. The second kappa shape index (κ2) is 6.93. The van der Waals surface area contributed by atoms with E-state index in [4.69, 9.17) is 11.3 Å². The second-order valence-electron chi connectivity index (χ2n) is 5.00. The molecular weight excluding hydrogens is 254 g/mol. The van der Waals surface area contributed by atoms with E-state index in [0.29, 0.717) is 25.4 Å². The van der Waals surface area contributed by atoms with Gasteiger partial charge >= 0.3 is 0 Å². The van der Waals surface area contributed by atoms with Gasteiger partial charge in [0.25, 0.3) is 0 Å². The lowest BCUT2D eigenvalue weighted by atomic mass is 9.96. The van der Waals surface area contributed by atoms with Gasteiger partial charge in [-0.15, -0.1) is 0 Å². The molecular formula is C14H19N5O. The molecule has 106 valence electrons. The highest BCUT2D eigenvalue weighted by Gasteiger charge is 2.29. The van der Waals surface area contributed by atoms with E-state index in [1.165, 1.54) is 18.4 Å². The van der Waals surface area contributed by atoms with E-state index in [0.717, 1.165) is 5.56 Å². The molecule has 0 heterocycles. The molecule has 20 heavy (non-hydrogen) atoms. The van der Waals surface area contributed by atoms with Crippen molar-refractivity contribution in [3.05, 3.63) is 45.8 Å². The number of benzene rings is 1. The average molecular weight is 273 g/mol. The Balaban J connectivity index is 2.04. The van der Waals surface area contributed by atoms with Crippen LogP contribution in [0.1, 0.15) is 42.3 Å². The van der Waals surface area contributed by atoms with Crippen LogP contribution in [0.2, 0.25) is 0 Å². The van der Waals surface area contributed by atoms with Crippen LogP contribution < -0.4 is 11.1 Å². The molecule has 1 atom stereocenters. The smallest absolute Gasteiger partial charge is 0.239 e. The van der Waals surface area contributed by atoms with Crippen molar-refractivity contribution in [1.29, 1.82) is 0 Å². The van der Waals surface area contributed by atoms with Crippen molar-refractivity contribution in [2.24, 2.45) is 10.8 Å². The third-order valence-electron chi connectivity index (χ3n) is 3.46. The highest BCUT2D eigenvalue weighted by Crippen LogP contribution is 2.42. The Hall–Kier alpha value is -2.04. The quantitative estimate of drug-likeness (QED) is 0.328. The number of primary amides is 1. The zero-order valence-electron chi connectivity index (χ0n) is 11.3. The molecule has 1 aliphatic carbocycles. The first kappa shape index (κ1) is 14.4. The first-order valence-corrected chi connectivity index (χ1v) is 6.86. The molecule has 1 unspecified atom stereocenters. The van der Waals surface area contributed by atoms with Crippen LogP contribution in [0.4, 0.5) is 0 Å². The predicted octanol–water partition coefficient (Wildman–Crippen LogP) is 2.38. The Morgan fingerprint density at radius 3 is 2.90 bits per heavy atom. The number of carbonyl (C=O) groups excluding carboxylic acids is 1. The minimum atomic E-state index is -0.474. The van der Waals surface area contributed by atoms with E-state index in [9.17, 15) is 4.79 Å². The number of nitrogens with zero attached hydrogens (tertiary/aromatic N) is 3. The zero-order valence-corrected chi connectivity index (χ0v) is 11.3. The monoisotopic (exact) mass is 273 g/mol. The molecule has 3 N–H and O–H groups in total. The van der Waals surface area contributed by atoms with E-state index in [1.807, 2.05) is 18.2 Å². The second-order valence-corrected chi connectivity index (χ2v) is 5.00. The zero-order chi connectivity index (χ0) is 14.4. The molecule has 2 rings (SSSR count). The summed E-state index contributed by atoms with van der Waals surface area (Å²) in [6.07, 6.45) is 3.04. The summed E-state index contributed by atoms with van der Waals surface area (Å²) in [7, 11) is 0. The summed E-state index contributed by atoms with van der Waals surface area (Å²) in [5, 5.41) is 6.63. The Kier molecular flexibility index (Phi) is 4.98. The van der Waals surface area contributed by atoms with Crippen molar-refractivity contribution in [3.63, 3.8) is 0 Å². The lowest BCUT2D eigenvalue weighted by Gasteiger charge is -2.19. The lowest BCUT2D eigenvalue weighted by Crippen LogP contribution is -2.35. The summed E-state index contributed by atoms with van der Waals surface area (Å²) in [4.78, 5) is 14.4. The van der Waals surface area contributed by atoms with E-state index >= 15 is 0 Å². The van der Waals surface area contributed by atoms with E-state index in [2.05, 4.69) is 21.4 Å². The molecule has 1 aromatic carbocycles. The van der Waals surface area contributed by atoms with Crippen LogP contribution in [0.15, 0.2) is 29.4 Å². The van der Waals surface area contributed by atoms with Crippen molar-refractivity contribution < 1.29 is 4.79 Å². The molecule has 1 aromatic rings. The van der Waals surface area contributed by atoms with Gasteiger partial charge in [-0.1, -0.05) is 29.4 Å². The van der Waals surface area contributed by atoms with Crippen LogP contribution in [0.3, 0.4) is 0 Å². The summed E-state index contributed by atoms with van der Waals surface area (Å²) in [5.41, 5.74) is 15.9. The fraction of sp³-hybridized carbons (Fsp3) is 0.500. The number of nitrogens with two attached hydrogens (primary N) is 1. The summed E-state index contributed by atoms with van der Waals surface area (Å²) in [6, 6.07) is 7.49.